The van der Waals surface area contributed by atoms with E-state index in [-0.39, 0.29) is 0 Å². The van der Waals surface area contributed by atoms with Crippen LogP contribution in [0.3, 0.4) is 0 Å². The number of hydrogen-bond donors (Lipinski definition) is 0. The van der Waals surface area contributed by atoms with Crippen molar-refractivity contribution < 1.29 is 0 Å². The molecular formula is C17H23N5. The molecule has 0 spiro atoms. The highest BCUT2D eigenvalue weighted by molar-refractivity contribution is 5.28. The molecule has 1 unspecified atom stereocenters. The van der Waals surface area contributed by atoms with Crippen molar-refractivity contribution in [3.8, 4) is 0 Å². The van der Waals surface area contributed by atoms with Gasteiger partial charge in [-0.3, -0.25) is 9.88 Å². The molecule has 1 fully saturated rings. The van der Waals surface area contributed by atoms with E-state index in [1.165, 1.54) is 12.8 Å². The number of rotatable bonds is 4. The Morgan fingerprint density at radius 1 is 1.14 bits per heavy atom. The highest BCUT2D eigenvalue weighted by Gasteiger charge is 2.25. The molecule has 116 valence electrons. The lowest BCUT2D eigenvalue weighted by atomic mass is 9.99. The van der Waals surface area contributed by atoms with E-state index in [9.17, 15) is 0 Å². The van der Waals surface area contributed by atoms with Gasteiger partial charge in [-0.05, 0) is 37.6 Å². The lowest BCUT2D eigenvalue weighted by molar-refractivity contribution is 0.135. The Labute approximate surface area is 132 Å². The number of anilines is 1. The second-order valence-corrected chi connectivity index (χ2v) is 5.98. The summed E-state index contributed by atoms with van der Waals surface area (Å²) < 4.78 is 0. The second kappa shape index (κ2) is 6.83. The zero-order chi connectivity index (χ0) is 15.4. The minimum Gasteiger partial charge on any atom is -0.347 e. The Bertz CT molecular complexity index is 599. The molecule has 0 N–H and O–H groups in total. The Morgan fingerprint density at radius 3 is 2.82 bits per heavy atom. The zero-order valence-corrected chi connectivity index (χ0v) is 13.3. The van der Waals surface area contributed by atoms with Crippen LogP contribution in [0.4, 0.5) is 5.95 Å². The van der Waals surface area contributed by atoms with E-state index in [1.807, 2.05) is 37.5 Å². The van der Waals surface area contributed by atoms with Gasteiger partial charge in [0.15, 0.2) is 0 Å². The van der Waals surface area contributed by atoms with E-state index in [4.69, 9.17) is 4.98 Å². The summed E-state index contributed by atoms with van der Waals surface area (Å²) in [6.07, 6.45) is 7.38. The minimum atomic E-state index is 0.359. The molecule has 0 amide bonds. The minimum absolute atomic E-state index is 0.359. The van der Waals surface area contributed by atoms with Crippen LogP contribution in [0.5, 0.6) is 0 Å². The molecule has 0 aliphatic carbocycles. The summed E-state index contributed by atoms with van der Waals surface area (Å²) in [4.78, 5) is 18.0. The monoisotopic (exact) mass is 297 g/mol. The van der Waals surface area contributed by atoms with Crippen molar-refractivity contribution in [3.63, 3.8) is 0 Å². The van der Waals surface area contributed by atoms with Crippen LogP contribution in [0, 0.1) is 0 Å². The number of hydrogen-bond acceptors (Lipinski definition) is 5. The van der Waals surface area contributed by atoms with Crippen LogP contribution in [0.2, 0.25) is 0 Å². The van der Waals surface area contributed by atoms with Crippen molar-refractivity contribution >= 4 is 5.95 Å². The maximum Gasteiger partial charge on any atom is 0.225 e. The molecule has 3 heterocycles. The maximum atomic E-state index is 4.74. The lowest BCUT2D eigenvalue weighted by Gasteiger charge is -2.35. The Morgan fingerprint density at radius 2 is 2.05 bits per heavy atom. The van der Waals surface area contributed by atoms with Gasteiger partial charge >= 0.3 is 0 Å². The standard InChI is InChI=1S/C17H23N5/c1-21(2)17-19-11-9-15(20-17)16-8-4-6-12-22(16)13-14-7-3-5-10-18-14/h3,5,7,9-11,16H,4,6,8,12-13H2,1-2H3. The average Bonchev–Trinajstić information content (AvgIpc) is 2.56. The summed E-state index contributed by atoms with van der Waals surface area (Å²) in [6, 6.07) is 8.52. The fraction of sp³-hybridized carbons (Fsp3) is 0.471. The molecule has 1 atom stereocenters. The molecule has 5 heteroatoms. The van der Waals surface area contributed by atoms with Crippen LogP contribution >= 0.6 is 0 Å². The van der Waals surface area contributed by atoms with Gasteiger partial charge in [-0.15, -0.1) is 0 Å². The van der Waals surface area contributed by atoms with Crippen LogP contribution < -0.4 is 4.90 Å². The molecule has 5 nitrogen and oxygen atoms in total. The molecular weight excluding hydrogens is 274 g/mol. The number of likely N-dealkylation sites (tertiary alicyclic amines) is 1. The third kappa shape index (κ3) is 3.42. The number of aromatic nitrogens is 3. The topological polar surface area (TPSA) is 45.2 Å². The van der Waals surface area contributed by atoms with Crippen LogP contribution in [0.1, 0.15) is 36.7 Å². The van der Waals surface area contributed by atoms with Crippen LogP contribution in [-0.2, 0) is 6.54 Å². The molecule has 0 radical (unpaired) electrons. The molecule has 0 saturated carbocycles. The first-order valence-electron chi connectivity index (χ1n) is 7.88. The lowest BCUT2D eigenvalue weighted by Crippen LogP contribution is -2.34. The molecule has 2 aromatic rings. The molecule has 22 heavy (non-hydrogen) atoms. The predicted molar refractivity (Wildman–Crippen MR) is 87.6 cm³/mol. The Kier molecular flexibility index (Phi) is 4.63. The van der Waals surface area contributed by atoms with E-state index in [2.05, 4.69) is 33.1 Å². The Balaban J connectivity index is 1.82. The summed E-state index contributed by atoms with van der Waals surface area (Å²) in [6.45, 7) is 1.98. The number of nitrogens with zero attached hydrogens (tertiary/aromatic N) is 5. The summed E-state index contributed by atoms with van der Waals surface area (Å²) in [5, 5.41) is 0. The highest BCUT2D eigenvalue weighted by atomic mass is 15.2. The van der Waals surface area contributed by atoms with E-state index in [0.717, 1.165) is 36.8 Å². The first kappa shape index (κ1) is 14.9. The molecule has 1 aliphatic rings. The zero-order valence-electron chi connectivity index (χ0n) is 13.3. The van der Waals surface area contributed by atoms with E-state index >= 15 is 0 Å². The van der Waals surface area contributed by atoms with Gasteiger partial charge in [0.25, 0.3) is 0 Å². The normalized spacial score (nSPS) is 19.1. The first-order valence-corrected chi connectivity index (χ1v) is 7.88. The van der Waals surface area contributed by atoms with Gasteiger partial charge in [-0.25, -0.2) is 9.97 Å². The van der Waals surface area contributed by atoms with Crippen LogP contribution in [0.15, 0.2) is 36.7 Å². The third-order valence-electron chi connectivity index (χ3n) is 4.11. The van der Waals surface area contributed by atoms with Gasteiger partial charge < -0.3 is 4.90 Å². The fourth-order valence-electron chi connectivity index (χ4n) is 2.98. The van der Waals surface area contributed by atoms with Crippen LogP contribution in [-0.4, -0.2) is 40.5 Å². The van der Waals surface area contributed by atoms with Crippen LogP contribution in [0.25, 0.3) is 0 Å². The van der Waals surface area contributed by atoms with Gasteiger partial charge in [-0.2, -0.15) is 0 Å². The fourth-order valence-corrected chi connectivity index (χ4v) is 2.98. The van der Waals surface area contributed by atoms with E-state index in [0.29, 0.717) is 6.04 Å². The largest absolute Gasteiger partial charge is 0.347 e. The quantitative estimate of drug-likeness (QED) is 0.868. The summed E-state index contributed by atoms with van der Waals surface area (Å²) >= 11 is 0. The molecule has 1 saturated heterocycles. The van der Waals surface area contributed by atoms with Crippen molar-refractivity contribution in [3.05, 3.63) is 48.0 Å². The van der Waals surface area contributed by atoms with Crippen molar-refractivity contribution in [2.24, 2.45) is 0 Å². The smallest absolute Gasteiger partial charge is 0.225 e. The highest BCUT2D eigenvalue weighted by Crippen LogP contribution is 2.31. The van der Waals surface area contributed by atoms with Gasteiger partial charge in [-0.1, -0.05) is 12.5 Å². The molecule has 1 aliphatic heterocycles. The molecule has 0 aromatic carbocycles. The molecule has 2 aromatic heterocycles. The molecule has 0 bridgehead atoms. The SMILES string of the molecule is CN(C)c1nccc(C2CCCCN2Cc2ccccn2)n1. The summed E-state index contributed by atoms with van der Waals surface area (Å²) in [7, 11) is 3.96. The number of pyridine rings is 1. The first-order chi connectivity index (χ1) is 10.7. The van der Waals surface area contributed by atoms with Gasteiger partial charge in [0, 0.05) is 33.0 Å². The van der Waals surface area contributed by atoms with Crippen molar-refractivity contribution in [2.45, 2.75) is 31.8 Å². The summed E-state index contributed by atoms with van der Waals surface area (Å²) in [5.74, 6) is 0.779. The summed E-state index contributed by atoms with van der Waals surface area (Å²) in [5.41, 5.74) is 2.24. The van der Waals surface area contributed by atoms with Crippen molar-refractivity contribution in [1.29, 1.82) is 0 Å². The number of piperidine rings is 1. The average molecular weight is 297 g/mol. The second-order valence-electron chi connectivity index (χ2n) is 5.98. The van der Waals surface area contributed by atoms with Crippen molar-refractivity contribution in [1.82, 2.24) is 19.9 Å². The third-order valence-corrected chi connectivity index (χ3v) is 4.11. The van der Waals surface area contributed by atoms with Crippen molar-refractivity contribution in [2.75, 3.05) is 25.5 Å². The van der Waals surface area contributed by atoms with Gasteiger partial charge in [0.1, 0.15) is 0 Å². The van der Waals surface area contributed by atoms with E-state index in [1.54, 1.807) is 0 Å². The molecule has 3 rings (SSSR count). The van der Waals surface area contributed by atoms with Gasteiger partial charge in [0.05, 0.1) is 17.4 Å². The predicted octanol–water partition coefficient (Wildman–Crippen LogP) is 2.66. The van der Waals surface area contributed by atoms with E-state index < -0.39 is 0 Å². The maximum absolute atomic E-state index is 4.74. The van der Waals surface area contributed by atoms with Gasteiger partial charge in [0.2, 0.25) is 5.95 Å². The Hall–Kier alpha value is -2.01.